The Kier molecular flexibility index (Phi) is 6.60. The van der Waals surface area contributed by atoms with Crippen molar-refractivity contribution < 1.29 is 23.9 Å². The summed E-state index contributed by atoms with van der Waals surface area (Å²) in [6.45, 7) is 1.45. The Morgan fingerprint density at radius 2 is 1.57 bits per heavy atom. The number of esters is 1. The summed E-state index contributed by atoms with van der Waals surface area (Å²) in [7, 11) is 1.45. The molecule has 6 nitrogen and oxygen atoms in total. The van der Waals surface area contributed by atoms with Crippen LogP contribution in [0.5, 0.6) is 5.75 Å². The lowest BCUT2D eigenvalue weighted by molar-refractivity contribution is -0.125. The molecule has 0 aliphatic carbocycles. The van der Waals surface area contributed by atoms with Gasteiger partial charge < -0.3 is 14.8 Å². The minimum Gasteiger partial charge on any atom is -0.496 e. The second-order valence-electron chi connectivity index (χ2n) is 6.52. The number of amides is 1. The van der Waals surface area contributed by atoms with Crippen molar-refractivity contribution in [3.05, 3.63) is 95.6 Å². The highest BCUT2D eigenvalue weighted by Gasteiger charge is 2.27. The van der Waals surface area contributed by atoms with Gasteiger partial charge in [-0.15, -0.1) is 0 Å². The van der Waals surface area contributed by atoms with Crippen LogP contribution in [0.25, 0.3) is 0 Å². The number of ketones is 1. The molecule has 3 aromatic carbocycles. The number of carbonyl (C=O) groups is 3. The van der Waals surface area contributed by atoms with Crippen LogP contribution < -0.4 is 10.1 Å². The number of benzene rings is 3. The number of para-hydroxylation sites is 1. The van der Waals surface area contributed by atoms with Crippen molar-refractivity contribution in [3.63, 3.8) is 0 Å². The zero-order chi connectivity index (χ0) is 21.5. The molecule has 30 heavy (non-hydrogen) atoms. The number of methoxy groups -OCH3 is 1. The highest BCUT2D eigenvalue weighted by atomic mass is 16.5. The first kappa shape index (κ1) is 20.8. The Bertz CT molecular complexity index is 1060. The van der Waals surface area contributed by atoms with Gasteiger partial charge in [0.05, 0.1) is 7.11 Å². The Labute approximate surface area is 174 Å². The molecule has 0 bridgehead atoms. The van der Waals surface area contributed by atoms with Gasteiger partial charge in [0.15, 0.2) is 5.78 Å². The van der Waals surface area contributed by atoms with Gasteiger partial charge >= 0.3 is 5.97 Å². The van der Waals surface area contributed by atoms with Crippen molar-refractivity contribution in [1.82, 2.24) is 0 Å². The summed E-state index contributed by atoms with van der Waals surface area (Å²) in [5.74, 6) is -0.990. The van der Waals surface area contributed by atoms with Gasteiger partial charge in [-0.05, 0) is 31.2 Å². The topological polar surface area (TPSA) is 81.7 Å². The molecule has 0 aromatic heterocycles. The van der Waals surface area contributed by atoms with E-state index in [0.29, 0.717) is 22.6 Å². The molecule has 0 unspecified atom stereocenters. The summed E-state index contributed by atoms with van der Waals surface area (Å²) >= 11 is 0. The standard InChI is InChI=1S/C24H21NO5/c1-16(26)18-11-8-12-19(15-18)25-23(27)22(17-9-4-3-5-10-17)30-24(28)20-13-6-7-14-21(20)29-2/h3-15,22H,1-2H3,(H,25,27)/t22-/m0/s1. The maximum absolute atomic E-state index is 13.0. The molecule has 0 spiro atoms. The smallest absolute Gasteiger partial charge is 0.343 e. The van der Waals surface area contributed by atoms with E-state index < -0.39 is 18.0 Å². The molecule has 3 rings (SSSR count). The molecule has 0 aliphatic heterocycles. The number of Topliss-reactive ketones (excluding diaryl/α,β-unsaturated/α-hetero) is 1. The quantitative estimate of drug-likeness (QED) is 0.466. The van der Waals surface area contributed by atoms with Crippen molar-refractivity contribution in [1.29, 1.82) is 0 Å². The van der Waals surface area contributed by atoms with Crippen molar-refractivity contribution in [2.45, 2.75) is 13.0 Å². The van der Waals surface area contributed by atoms with Crippen LogP contribution in [0.3, 0.4) is 0 Å². The molecule has 0 aliphatic rings. The van der Waals surface area contributed by atoms with Crippen LogP contribution in [0.15, 0.2) is 78.9 Å². The van der Waals surface area contributed by atoms with E-state index in [-0.39, 0.29) is 11.3 Å². The van der Waals surface area contributed by atoms with Gasteiger partial charge in [-0.2, -0.15) is 0 Å². The lowest BCUT2D eigenvalue weighted by atomic mass is 10.1. The average molecular weight is 403 g/mol. The van der Waals surface area contributed by atoms with Crippen LogP contribution in [0.2, 0.25) is 0 Å². The summed E-state index contributed by atoms with van der Waals surface area (Å²) in [5.41, 5.74) is 1.63. The third-order valence-electron chi connectivity index (χ3n) is 4.43. The Balaban J connectivity index is 1.88. The number of nitrogens with one attached hydrogen (secondary N) is 1. The maximum atomic E-state index is 13.0. The molecule has 0 saturated heterocycles. The number of ether oxygens (including phenoxy) is 2. The molecule has 0 saturated carbocycles. The average Bonchev–Trinajstić information content (AvgIpc) is 2.77. The van der Waals surface area contributed by atoms with Gasteiger partial charge in [-0.25, -0.2) is 4.79 Å². The molecular formula is C24H21NO5. The Morgan fingerprint density at radius 3 is 2.27 bits per heavy atom. The number of hydrogen-bond acceptors (Lipinski definition) is 5. The normalized spacial score (nSPS) is 11.3. The first-order valence-corrected chi connectivity index (χ1v) is 9.30. The number of rotatable bonds is 7. The SMILES string of the molecule is COc1ccccc1C(=O)O[C@H](C(=O)Nc1cccc(C(C)=O)c1)c1ccccc1. The van der Waals surface area contributed by atoms with Crippen LogP contribution in [0.4, 0.5) is 5.69 Å². The van der Waals surface area contributed by atoms with Crippen LogP contribution in [0, 0.1) is 0 Å². The van der Waals surface area contributed by atoms with Gasteiger partial charge in [0.25, 0.3) is 5.91 Å². The van der Waals surface area contributed by atoms with Crippen LogP contribution in [-0.2, 0) is 9.53 Å². The molecule has 0 heterocycles. The van der Waals surface area contributed by atoms with Gasteiger partial charge in [-0.3, -0.25) is 9.59 Å². The number of carbonyl (C=O) groups excluding carboxylic acids is 3. The zero-order valence-corrected chi connectivity index (χ0v) is 16.6. The van der Waals surface area contributed by atoms with Crippen LogP contribution in [0.1, 0.15) is 39.3 Å². The van der Waals surface area contributed by atoms with Crippen molar-refractivity contribution in [3.8, 4) is 5.75 Å². The third-order valence-corrected chi connectivity index (χ3v) is 4.43. The van der Waals surface area contributed by atoms with Crippen LogP contribution >= 0.6 is 0 Å². The third kappa shape index (κ3) is 4.91. The maximum Gasteiger partial charge on any atom is 0.343 e. The highest BCUT2D eigenvalue weighted by molar-refractivity contribution is 6.00. The lowest BCUT2D eigenvalue weighted by Gasteiger charge is -2.19. The number of hydrogen-bond donors (Lipinski definition) is 1. The fourth-order valence-electron chi connectivity index (χ4n) is 2.91. The van der Waals surface area contributed by atoms with Crippen LogP contribution in [-0.4, -0.2) is 24.8 Å². The van der Waals surface area contributed by atoms with E-state index in [9.17, 15) is 14.4 Å². The molecule has 1 amide bonds. The summed E-state index contributed by atoms with van der Waals surface area (Å²) in [6.07, 6.45) is -1.19. The minimum atomic E-state index is -1.19. The second kappa shape index (κ2) is 9.52. The van der Waals surface area contributed by atoms with E-state index in [0.717, 1.165) is 0 Å². The highest BCUT2D eigenvalue weighted by Crippen LogP contribution is 2.25. The largest absolute Gasteiger partial charge is 0.496 e. The van der Waals surface area contributed by atoms with Gasteiger partial charge in [0.2, 0.25) is 6.10 Å². The van der Waals surface area contributed by atoms with Crippen molar-refractivity contribution in [2.75, 3.05) is 12.4 Å². The van der Waals surface area contributed by atoms with E-state index in [4.69, 9.17) is 9.47 Å². The fraction of sp³-hybridized carbons (Fsp3) is 0.125. The Hall–Kier alpha value is -3.93. The molecule has 6 heteroatoms. The summed E-state index contributed by atoms with van der Waals surface area (Å²) < 4.78 is 10.8. The second-order valence-corrected chi connectivity index (χ2v) is 6.52. The van der Waals surface area contributed by atoms with E-state index >= 15 is 0 Å². The van der Waals surface area contributed by atoms with E-state index in [1.54, 1.807) is 78.9 Å². The summed E-state index contributed by atoms with van der Waals surface area (Å²) in [6, 6.07) is 21.9. The molecule has 1 atom stereocenters. The first-order chi connectivity index (χ1) is 14.5. The van der Waals surface area contributed by atoms with Gasteiger partial charge in [0.1, 0.15) is 11.3 Å². The molecular weight excluding hydrogens is 382 g/mol. The molecule has 3 aromatic rings. The van der Waals surface area contributed by atoms with E-state index in [2.05, 4.69) is 5.32 Å². The van der Waals surface area contributed by atoms with Crippen molar-refractivity contribution >= 4 is 23.3 Å². The Morgan fingerprint density at radius 1 is 0.867 bits per heavy atom. The summed E-state index contributed by atoms with van der Waals surface area (Å²) in [5, 5.41) is 2.72. The zero-order valence-electron chi connectivity index (χ0n) is 16.6. The molecule has 0 fully saturated rings. The van der Waals surface area contributed by atoms with Gasteiger partial charge in [-0.1, -0.05) is 54.6 Å². The minimum absolute atomic E-state index is 0.117. The monoisotopic (exact) mass is 403 g/mol. The van der Waals surface area contributed by atoms with Crippen molar-refractivity contribution in [2.24, 2.45) is 0 Å². The summed E-state index contributed by atoms with van der Waals surface area (Å²) in [4.78, 5) is 37.4. The lowest BCUT2D eigenvalue weighted by Crippen LogP contribution is -2.26. The molecule has 1 N–H and O–H groups in total. The van der Waals surface area contributed by atoms with E-state index in [1.165, 1.54) is 14.0 Å². The first-order valence-electron chi connectivity index (χ1n) is 9.30. The van der Waals surface area contributed by atoms with Gasteiger partial charge in [0, 0.05) is 16.8 Å². The predicted octanol–water partition coefficient (Wildman–Crippen LogP) is 4.43. The number of anilines is 1. The predicted molar refractivity (Wildman–Crippen MR) is 113 cm³/mol. The molecule has 152 valence electrons. The van der Waals surface area contributed by atoms with E-state index in [1.807, 2.05) is 0 Å². The fourth-order valence-corrected chi connectivity index (χ4v) is 2.91. The molecule has 0 radical (unpaired) electrons.